The molecule has 2 heteroatoms. The lowest BCUT2D eigenvalue weighted by atomic mass is 9.89. The summed E-state index contributed by atoms with van der Waals surface area (Å²) in [4.78, 5) is 9.25. The van der Waals surface area contributed by atoms with Crippen LogP contribution in [0.4, 0.5) is 11.4 Å². The molecule has 0 fully saturated rings. The number of benzene rings is 2. The van der Waals surface area contributed by atoms with E-state index in [1.54, 1.807) is 0 Å². The number of rotatable bonds is 6. The second kappa shape index (κ2) is 9.15. The Kier molecular flexibility index (Phi) is 7.16. The van der Waals surface area contributed by atoms with Gasteiger partial charge in [-0.15, -0.1) is 0 Å². The molecule has 0 spiro atoms. The minimum atomic E-state index is 0.416. The second-order valence-electron chi connectivity index (χ2n) is 8.50. The Bertz CT molecular complexity index is 768. The van der Waals surface area contributed by atoms with Crippen molar-refractivity contribution in [3.8, 4) is 0 Å². The minimum Gasteiger partial charge on any atom is -0.187 e. The zero-order chi connectivity index (χ0) is 20.1. The van der Waals surface area contributed by atoms with Gasteiger partial charge in [0, 0.05) is 0 Å². The minimum absolute atomic E-state index is 0.416. The Morgan fingerprint density at radius 1 is 0.556 bits per heavy atom. The van der Waals surface area contributed by atoms with Crippen LogP contribution in [0, 0.1) is 0 Å². The largest absolute Gasteiger partial charge is 0.187 e. The first-order chi connectivity index (χ1) is 12.7. The average Bonchev–Trinajstić information content (AvgIpc) is 2.60. The van der Waals surface area contributed by atoms with Crippen LogP contribution < -0.4 is 0 Å². The normalized spacial score (nSPS) is 11.4. The van der Waals surface area contributed by atoms with Gasteiger partial charge in [0.15, 0.2) is 0 Å². The quantitative estimate of drug-likeness (QED) is 0.461. The molecule has 144 valence electrons. The van der Waals surface area contributed by atoms with E-state index < -0.39 is 0 Å². The molecular weight excluding hydrogens is 328 g/mol. The van der Waals surface area contributed by atoms with Crippen molar-refractivity contribution >= 4 is 17.4 Å². The van der Waals surface area contributed by atoms with Crippen LogP contribution in [0.2, 0.25) is 0 Å². The molecule has 2 aromatic carbocycles. The van der Waals surface area contributed by atoms with Crippen LogP contribution in [0.25, 0.3) is 0 Å². The maximum Gasteiger partial charge on any atom is 0.100 e. The molecule has 0 saturated heterocycles. The number of hydrogen-bond donors (Lipinski definition) is 0. The van der Waals surface area contributed by atoms with Crippen molar-refractivity contribution in [1.29, 1.82) is 0 Å². The molecule has 0 unspecified atom stereocenters. The summed E-state index contributed by atoms with van der Waals surface area (Å²) in [6, 6.07) is 15.7. The van der Waals surface area contributed by atoms with E-state index in [-0.39, 0.29) is 0 Å². The third-order valence-electron chi connectivity index (χ3n) is 4.97. The molecule has 27 heavy (non-hydrogen) atoms. The molecule has 2 nitrogen and oxygen atoms in total. The summed E-state index contributed by atoms with van der Waals surface area (Å²) in [6.45, 7) is 17.8. The molecule has 0 heterocycles. The average molecular weight is 363 g/mol. The molecule has 0 atom stereocenters. The van der Waals surface area contributed by atoms with E-state index in [0.717, 1.165) is 11.4 Å². The van der Waals surface area contributed by atoms with Gasteiger partial charge in [-0.05, 0) is 58.1 Å². The van der Waals surface area contributed by atoms with Crippen molar-refractivity contribution in [2.45, 2.75) is 79.1 Å². The van der Waals surface area contributed by atoms with Crippen molar-refractivity contribution in [2.75, 3.05) is 0 Å². The van der Waals surface area contributed by atoms with Gasteiger partial charge >= 0.3 is 0 Å². The van der Waals surface area contributed by atoms with Crippen molar-refractivity contribution in [3.05, 3.63) is 58.7 Å². The molecule has 0 radical (unpaired) electrons. The lowest BCUT2D eigenvalue weighted by Crippen LogP contribution is -1.99. The van der Waals surface area contributed by atoms with E-state index in [0.29, 0.717) is 23.7 Å². The molecule has 0 bridgehead atoms. The Morgan fingerprint density at radius 2 is 0.926 bits per heavy atom. The van der Waals surface area contributed by atoms with Crippen LogP contribution in [0.5, 0.6) is 0 Å². The molecule has 0 N–H and O–H groups in total. The summed E-state index contributed by atoms with van der Waals surface area (Å²) < 4.78 is 0. The van der Waals surface area contributed by atoms with Crippen molar-refractivity contribution in [2.24, 2.45) is 9.98 Å². The highest BCUT2D eigenvalue weighted by Gasteiger charge is 2.15. The first kappa shape index (κ1) is 21.1. The van der Waals surface area contributed by atoms with Gasteiger partial charge in [-0.25, -0.2) is 0 Å². The molecule has 2 aromatic rings. The Labute approximate surface area is 165 Å². The first-order valence-corrected chi connectivity index (χ1v) is 10.2. The zero-order valence-electron chi connectivity index (χ0n) is 18.2. The van der Waals surface area contributed by atoms with E-state index in [4.69, 9.17) is 0 Å². The third kappa shape index (κ3) is 4.96. The third-order valence-corrected chi connectivity index (χ3v) is 4.97. The molecule has 0 aliphatic heterocycles. The van der Waals surface area contributed by atoms with E-state index in [1.165, 1.54) is 22.3 Å². The number of hydrogen-bond acceptors (Lipinski definition) is 2. The van der Waals surface area contributed by atoms with Crippen molar-refractivity contribution in [3.63, 3.8) is 0 Å². The molecule has 0 amide bonds. The van der Waals surface area contributed by atoms with Crippen LogP contribution in [0.1, 0.15) is 101 Å². The molecule has 0 saturated carbocycles. The van der Waals surface area contributed by atoms with E-state index in [1.807, 2.05) is 0 Å². The summed E-state index contributed by atoms with van der Waals surface area (Å²) in [5.41, 5.74) is 7.28. The summed E-state index contributed by atoms with van der Waals surface area (Å²) >= 11 is 0. The summed E-state index contributed by atoms with van der Waals surface area (Å²) in [7, 11) is 0. The van der Waals surface area contributed by atoms with Gasteiger partial charge in [0.05, 0.1) is 11.4 Å². The van der Waals surface area contributed by atoms with E-state index in [2.05, 4.69) is 108 Å². The lowest BCUT2D eigenvalue weighted by Gasteiger charge is -2.18. The predicted molar refractivity (Wildman–Crippen MR) is 118 cm³/mol. The highest BCUT2D eigenvalue weighted by Crippen LogP contribution is 2.35. The Morgan fingerprint density at radius 3 is 1.22 bits per heavy atom. The van der Waals surface area contributed by atoms with Gasteiger partial charge in [0.1, 0.15) is 6.01 Å². The van der Waals surface area contributed by atoms with Crippen LogP contribution in [0.15, 0.2) is 46.4 Å². The van der Waals surface area contributed by atoms with Crippen molar-refractivity contribution < 1.29 is 0 Å². The molecule has 2 rings (SSSR count). The van der Waals surface area contributed by atoms with Crippen LogP contribution in [-0.2, 0) is 0 Å². The first-order valence-electron chi connectivity index (χ1n) is 10.2. The molecular formula is C25H34N2. The topological polar surface area (TPSA) is 24.7 Å². The summed E-state index contributed by atoms with van der Waals surface area (Å²) in [5, 5.41) is 0. The zero-order valence-corrected chi connectivity index (χ0v) is 18.2. The monoisotopic (exact) mass is 362 g/mol. The standard InChI is InChI=1S/C25H34N2/c1-16(2)20-11-9-13-22(24(20)18(5)6)26-15-27-23-14-10-12-21(17(3)4)25(23)19(7)8/h9-14,16-19H,1-8H3. The fourth-order valence-corrected chi connectivity index (χ4v) is 3.73. The fraction of sp³-hybridized carbons (Fsp3) is 0.480. The predicted octanol–water partition coefficient (Wildman–Crippen LogP) is 8.32. The second-order valence-corrected chi connectivity index (χ2v) is 8.50. The van der Waals surface area contributed by atoms with Crippen LogP contribution in [-0.4, -0.2) is 6.01 Å². The molecule has 0 aliphatic rings. The number of nitrogens with zero attached hydrogens (tertiary/aromatic N) is 2. The fourth-order valence-electron chi connectivity index (χ4n) is 3.73. The molecule has 0 aliphatic carbocycles. The Balaban J connectivity index is 2.53. The maximum atomic E-state index is 4.62. The maximum absolute atomic E-state index is 4.62. The Hall–Kier alpha value is -2.18. The SMILES string of the molecule is CC(C)c1cccc(N=C=Nc2cccc(C(C)C)c2C(C)C)c1C(C)C. The smallest absolute Gasteiger partial charge is 0.100 e. The van der Waals surface area contributed by atoms with Gasteiger partial charge in [0.25, 0.3) is 0 Å². The van der Waals surface area contributed by atoms with Gasteiger partial charge < -0.3 is 0 Å². The number of aliphatic imine (C=N–C) groups is 2. The van der Waals surface area contributed by atoms with Crippen molar-refractivity contribution in [1.82, 2.24) is 0 Å². The van der Waals surface area contributed by atoms with E-state index >= 15 is 0 Å². The van der Waals surface area contributed by atoms with Gasteiger partial charge in [0.2, 0.25) is 0 Å². The molecule has 0 aromatic heterocycles. The summed E-state index contributed by atoms with van der Waals surface area (Å²) in [5.74, 6) is 1.79. The highest BCUT2D eigenvalue weighted by molar-refractivity contribution is 5.64. The van der Waals surface area contributed by atoms with Crippen LogP contribution >= 0.6 is 0 Å². The van der Waals surface area contributed by atoms with E-state index in [9.17, 15) is 0 Å². The summed E-state index contributed by atoms with van der Waals surface area (Å²) in [6.07, 6.45) is 0. The van der Waals surface area contributed by atoms with Gasteiger partial charge in [-0.3, -0.25) is 0 Å². The lowest BCUT2D eigenvalue weighted by molar-refractivity contribution is 0.790. The highest BCUT2D eigenvalue weighted by atomic mass is 14.8. The van der Waals surface area contributed by atoms with Gasteiger partial charge in [-0.1, -0.05) is 79.7 Å². The van der Waals surface area contributed by atoms with Crippen LogP contribution in [0.3, 0.4) is 0 Å². The van der Waals surface area contributed by atoms with Gasteiger partial charge in [-0.2, -0.15) is 9.98 Å².